The maximum Gasteiger partial charge on any atom is 0.0694 e. The van der Waals surface area contributed by atoms with E-state index in [-0.39, 0.29) is 6.10 Å². The standard InChI is InChI=1S/C10H23NO/c1-4-6-9(3)8-12-10(5-2)7-11/h9-10H,4-8,11H2,1-3H3. The average molecular weight is 173 g/mol. The molecule has 2 atom stereocenters. The van der Waals surface area contributed by atoms with Crippen LogP contribution in [0.2, 0.25) is 0 Å². The van der Waals surface area contributed by atoms with Crippen molar-refractivity contribution >= 4 is 0 Å². The zero-order valence-corrected chi connectivity index (χ0v) is 8.68. The third-order valence-electron chi connectivity index (χ3n) is 2.12. The van der Waals surface area contributed by atoms with Crippen molar-refractivity contribution in [2.45, 2.75) is 46.1 Å². The van der Waals surface area contributed by atoms with Gasteiger partial charge >= 0.3 is 0 Å². The first-order valence-corrected chi connectivity index (χ1v) is 5.06. The molecule has 0 saturated carbocycles. The Labute approximate surface area is 76.5 Å². The Morgan fingerprint density at radius 1 is 1.33 bits per heavy atom. The van der Waals surface area contributed by atoms with Crippen LogP contribution in [-0.4, -0.2) is 19.3 Å². The highest BCUT2D eigenvalue weighted by Crippen LogP contribution is 2.07. The normalized spacial score (nSPS) is 16.0. The maximum atomic E-state index is 5.63. The van der Waals surface area contributed by atoms with E-state index in [0.717, 1.165) is 13.0 Å². The monoisotopic (exact) mass is 173 g/mol. The van der Waals surface area contributed by atoms with Gasteiger partial charge in [0.1, 0.15) is 0 Å². The molecule has 0 heterocycles. The molecule has 2 N–H and O–H groups in total. The van der Waals surface area contributed by atoms with E-state index in [0.29, 0.717) is 12.5 Å². The summed E-state index contributed by atoms with van der Waals surface area (Å²) in [6, 6.07) is 0. The zero-order chi connectivity index (χ0) is 9.40. The molecule has 0 aliphatic carbocycles. The van der Waals surface area contributed by atoms with Crippen LogP contribution < -0.4 is 5.73 Å². The van der Waals surface area contributed by atoms with Crippen LogP contribution >= 0.6 is 0 Å². The molecule has 2 unspecified atom stereocenters. The number of hydrogen-bond donors (Lipinski definition) is 1. The first-order chi connectivity index (χ1) is 5.74. The van der Waals surface area contributed by atoms with Gasteiger partial charge in [0.05, 0.1) is 6.10 Å². The summed E-state index contributed by atoms with van der Waals surface area (Å²) in [7, 11) is 0. The molecule has 12 heavy (non-hydrogen) atoms. The molecule has 2 nitrogen and oxygen atoms in total. The fourth-order valence-corrected chi connectivity index (χ4v) is 1.23. The molecule has 0 bridgehead atoms. The topological polar surface area (TPSA) is 35.2 Å². The second-order valence-electron chi connectivity index (χ2n) is 3.49. The zero-order valence-electron chi connectivity index (χ0n) is 8.68. The molecule has 0 spiro atoms. The third kappa shape index (κ3) is 5.56. The molecule has 0 aromatic carbocycles. The van der Waals surface area contributed by atoms with Crippen molar-refractivity contribution in [1.82, 2.24) is 0 Å². The lowest BCUT2D eigenvalue weighted by Gasteiger charge is -2.17. The quantitative estimate of drug-likeness (QED) is 0.640. The third-order valence-corrected chi connectivity index (χ3v) is 2.12. The number of rotatable bonds is 7. The summed E-state index contributed by atoms with van der Waals surface area (Å²) in [5.41, 5.74) is 5.52. The molecule has 0 aromatic heterocycles. The Balaban J connectivity index is 3.37. The van der Waals surface area contributed by atoms with Gasteiger partial charge in [0.2, 0.25) is 0 Å². The summed E-state index contributed by atoms with van der Waals surface area (Å²) in [4.78, 5) is 0. The van der Waals surface area contributed by atoms with Crippen LogP contribution in [0, 0.1) is 5.92 Å². The highest BCUT2D eigenvalue weighted by atomic mass is 16.5. The van der Waals surface area contributed by atoms with E-state index in [1.165, 1.54) is 12.8 Å². The summed E-state index contributed by atoms with van der Waals surface area (Å²) >= 11 is 0. The van der Waals surface area contributed by atoms with Crippen molar-refractivity contribution in [1.29, 1.82) is 0 Å². The minimum Gasteiger partial charge on any atom is -0.377 e. The first kappa shape index (κ1) is 11.9. The van der Waals surface area contributed by atoms with Crippen molar-refractivity contribution < 1.29 is 4.74 Å². The van der Waals surface area contributed by atoms with Gasteiger partial charge in [0.15, 0.2) is 0 Å². The van der Waals surface area contributed by atoms with Gasteiger partial charge in [0, 0.05) is 13.2 Å². The van der Waals surface area contributed by atoms with Crippen molar-refractivity contribution in [2.75, 3.05) is 13.2 Å². The Kier molecular flexibility index (Phi) is 7.51. The van der Waals surface area contributed by atoms with Crippen molar-refractivity contribution in [3.8, 4) is 0 Å². The fraction of sp³-hybridized carbons (Fsp3) is 1.00. The average Bonchev–Trinajstić information content (AvgIpc) is 2.07. The molecule has 0 aliphatic heterocycles. The Morgan fingerprint density at radius 3 is 2.42 bits per heavy atom. The molecule has 0 rings (SSSR count). The number of hydrogen-bond acceptors (Lipinski definition) is 2. The SMILES string of the molecule is CCCC(C)COC(CC)CN. The smallest absolute Gasteiger partial charge is 0.0694 e. The van der Waals surface area contributed by atoms with Gasteiger partial charge < -0.3 is 10.5 Å². The van der Waals surface area contributed by atoms with Crippen LogP contribution in [0.25, 0.3) is 0 Å². The second-order valence-corrected chi connectivity index (χ2v) is 3.49. The summed E-state index contributed by atoms with van der Waals surface area (Å²) in [6.45, 7) is 8.06. The predicted molar refractivity (Wildman–Crippen MR) is 53.2 cm³/mol. The van der Waals surface area contributed by atoms with E-state index in [9.17, 15) is 0 Å². The van der Waals surface area contributed by atoms with E-state index in [4.69, 9.17) is 10.5 Å². The lowest BCUT2D eigenvalue weighted by Crippen LogP contribution is -2.24. The van der Waals surface area contributed by atoms with E-state index < -0.39 is 0 Å². The first-order valence-electron chi connectivity index (χ1n) is 5.06. The van der Waals surface area contributed by atoms with Gasteiger partial charge in [-0.05, 0) is 18.8 Å². The predicted octanol–water partition coefficient (Wildman–Crippen LogP) is 2.18. The van der Waals surface area contributed by atoms with Crippen LogP contribution in [0.5, 0.6) is 0 Å². The lowest BCUT2D eigenvalue weighted by atomic mass is 10.1. The van der Waals surface area contributed by atoms with Crippen molar-refractivity contribution in [2.24, 2.45) is 11.7 Å². The highest BCUT2D eigenvalue weighted by Gasteiger charge is 2.06. The molecule has 0 radical (unpaired) electrons. The molecule has 0 aromatic rings. The van der Waals surface area contributed by atoms with E-state index in [1.807, 2.05) is 0 Å². The van der Waals surface area contributed by atoms with Crippen LogP contribution in [0.4, 0.5) is 0 Å². The van der Waals surface area contributed by atoms with Gasteiger partial charge in [-0.25, -0.2) is 0 Å². The molecule has 74 valence electrons. The summed E-state index contributed by atoms with van der Waals surface area (Å²) in [5, 5.41) is 0. The molecular formula is C10H23NO. The van der Waals surface area contributed by atoms with Gasteiger partial charge in [-0.2, -0.15) is 0 Å². The lowest BCUT2D eigenvalue weighted by molar-refractivity contribution is 0.0340. The van der Waals surface area contributed by atoms with Crippen LogP contribution in [0.3, 0.4) is 0 Å². The Hall–Kier alpha value is -0.0800. The summed E-state index contributed by atoms with van der Waals surface area (Å²) in [5.74, 6) is 0.676. The second kappa shape index (κ2) is 7.56. The largest absolute Gasteiger partial charge is 0.377 e. The molecule has 0 saturated heterocycles. The van der Waals surface area contributed by atoms with E-state index in [1.54, 1.807) is 0 Å². The highest BCUT2D eigenvalue weighted by molar-refractivity contribution is 4.57. The van der Waals surface area contributed by atoms with Crippen LogP contribution in [0.15, 0.2) is 0 Å². The number of nitrogens with two attached hydrogens (primary N) is 1. The summed E-state index contributed by atoms with van der Waals surface area (Å²) < 4.78 is 5.63. The summed E-state index contributed by atoms with van der Waals surface area (Å²) in [6.07, 6.45) is 3.78. The minimum atomic E-state index is 0.268. The Morgan fingerprint density at radius 2 is 2.00 bits per heavy atom. The van der Waals surface area contributed by atoms with Gasteiger partial charge in [-0.3, -0.25) is 0 Å². The number of ether oxygens (including phenoxy) is 1. The van der Waals surface area contributed by atoms with Crippen molar-refractivity contribution in [3.05, 3.63) is 0 Å². The van der Waals surface area contributed by atoms with Gasteiger partial charge in [0.25, 0.3) is 0 Å². The van der Waals surface area contributed by atoms with Gasteiger partial charge in [-0.15, -0.1) is 0 Å². The fourth-order valence-electron chi connectivity index (χ4n) is 1.23. The Bertz CT molecular complexity index is 91.8. The van der Waals surface area contributed by atoms with Gasteiger partial charge in [-0.1, -0.05) is 27.2 Å². The molecule has 2 heteroatoms. The molecule has 0 aliphatic rings. The van der Waals surface area contributed by atoms with E-state index in [2.05, 4.69) is 20.8 Å². The van der Waals surface area contributed by atoms with Crippen LogP contribution in [0.1, 0.15) is 40.0 Å². The molecule has 0 fully saturated rings. The van der Waals surface area contributed by atoms with Crippen molar-refractivity contribution in [3.63, 3.8) is 0 Å². The maximum absolute atomic E-state index is 5.63. The van der Waals surface area contributed by atoms with E-state index >= 15 is 0 Å². The molecular weight excluding hydrogens is 150 g/mol. The van der Waals surface area contributed by atoms with Crippen LogP contribution in [-0.2, 0) is 4.74 Å². The molecule has 0 amide bonds. The minimum absolute atomic E-state index is 0.268.